The third kappa shape index (κ3) is 5.05. The van der Waals surface area contributed by atoms with Crippen LogP contribution in [0.15, 0.2) is 23.3 Å². The summed E-state index contributed by atoms with van der Waals surface area (Å²) < 4.78 is 18.0. The Hall–Kier alpha value is -1.82. The fourth-order valence-electron chi connectivity index (χ4n) is 1.64. The second-order valence-electron chi connectivity index (χ2n) is 3.92. The van der Waals surface area contributed by atoms with Gasteiger partial charge in [-0.2, -0.15) is 0 Å². The molecule has 20 heavy (non-hydrogen) atoms. The summed E-state index contributed by atoms with van der Waals surface area (Å²) in [7, 11) is 1.25. The Labute approximate surface area is 120 Å². The molecule has 108 valence electrons. The van der Waals surface area contributed by atoms with Crippen molar-refractivity contribution < 1.29 is 13.9 Å². The lowest BCUT2D eigenvalue weighted by molar-refractivity contribution is -0.143. The van der Waals surface area contributed by atoms with Crippen molar-refractivity contribution in [2.45, 2.75) is 12.5 Å². The Bertz CT molecular complexity index is 500. The molecule has 1 rings (SSSR count). The van der Waals surface area contributed by atoms with Crippen molar-refractivity contribution in [3.63, 3.8) is 0 Å². The van der Waals surface area contributed by atoms with Crippen LogP contribution in [0.3, 0.4) is 0 Å². The summed E-state index contributed by atoms with van der Waals surface area (Å²) in [6.45, 7) is 0.716. The van der Waals surface area contributed by atoms with Crippen LogP contribution in [-0.4, -0.2) is 26.2 Å². The van der Waals surface area contributed by atoms with Crippen molar-refractivity contribution >= 4 is 17.6 Å². The number of ether oxygens (including phenoxy) is 1. The molecular weight excluding hydrogens is 287 g/mol. The van der Waals surface area contributed by atoms with Gasteiger partial charge in [-0.25, -0.2) is 9.18 Å². The van der Waals surface area contributed by atoms with Gasteiger partial charge in [-0.3, -0.25) is 0 Å². The molecule has 8 heteroatoms. The van der Waals surface area contributed by atoms with Crippen LogP contribution in [-0.2, 0) is 9.53 Å². The van der Waals surface area contributed by atoms with E-state index in [9.17, 15) is 9.18 Å². The number of nitrogens with zero attached hydrogens (tertiary/aromatic N) is 3. The minimum Gasteiger partial charge on any atom is -0.468 e. The fourth-order valence-corrected chi connectivity index (χ4v) is 1.87. The first-order chi connectivity index (χ1) is 9.58. The van der Waals surface area contributed by atoms with E-state index >= 15 is 0 Å². The molecule has 0 aliphatic heterocycles. The molecule has 1 atom stereocenters. The van der Waals surface area contributed by atoms with Gasteiger partial charge in [0.15, 0.2) is 0 Å². The molecule has 0 bridgehead atoms. The van der Waals surface area contributed by atoms with Crippen molar-refractivity contribution in [1.29, 1.82) is 0 Å². The Kier molecular flexibility index (Phi) is 6.79. The molecule has 0 aliphatic carbocycles. The van der Waals surface area contributed by atoms with E-state index in [-0.39, 0.29) is 5.02 Å². The maximum Gasteiger partial charge on any atom is 0.327 e. The Balaban J connectivity index is 2.78. The van der Waals surface area contributed by atoms with Gasteiger partial charge < -0.3 is 10.1 Å². The Morgan fingerprint density at radius 2 is 2.35 bits per heavy atom. The summed E-state index contributed by atoms with van der Waals surface area (Å²) >= 11 is 5.77. The van der Waals surface area contributed by atoms with Gasteiger partial charge in [0.25, 0.3) is 0 Å². The zero-order chi connectivity index (χ0) is 15.0. The van der Waals surface area contributed by atoms with E-state index in [0.717, 1.165) is 6.07 Å². The molecule has 1 aromatic rings. The van der Waals surface area contributed by atoms with Gasteiger partial charge in [-0.05, 0) is 42.3 Å². The molecule has 0 aliphatic rings. The summed E-state index contributed by atoms with van der Waals surface area (Å²) in [6, 6.07) is 3.04. The van der Waals surface area contributed by atoms with E-state index in [2.05, 4.69) is 20.1 Å². The highest BCUT2D eigenvalue weighted by Crippen LogP contribution is 2.21. The molecule has 1 unspecified atom stereocenters. The van der Waals surface area contributed by atoms with Crippen molar-refractivity contribution in [3.05, 3.63) is 45.0 Å². The molecule has 0 saturated carbocycles. The molecule has 1 N–H and O–H groups in total. The molecule has 6 nitrogen and oxygen atoms in total. The van der Waals surface area contributed by atoms with E-state index in [0.29, 0.717) is 25.1 Å². The van der Waals surface area contributed by atoms with E-state index in [1.807, 2.05) is 0 Å². The number of nitrogens with one attached hydrogen (secondary N) is 1. The lowest BCUT2D eigenvalue weighted by Crippen LogP contribution is -2.30. The van der Waals surface area contributed by atoms with Gasteiger partial charge in [0.2, 0.25) is 0 Å². The molecule has 0 radical (unpaired) electrons. The van der Waals surface area contributed by atoms with Gasteiger partial charge in [0.1, 0.15) is 11.9 Å². The molecular formula is C12H14ClFN4O2. The fraction of sp³-hybridized carbons (Fsp3) is 0.417. The second-order valence-corrected chi connectivity index (χ2v) is 4.36. The van der Waals surface area contributed by atoms with E-state index in [1.165, 1.54) is 19.2 Å². The first-order valence-corrected chi connectivity index (χ1v) is 6.24. The SMILES string of the molecule is COC(=O)C(NCCCN=[N+]=[N-])c1cc(F)cc(Cl)c1. The van der Waals surface area contributed by atoms with Crippen LogP contribution >= 0.6 is 11.6 Å². The highest BCUT2D eigenvalue weighted by atomic mass is 35.5. The normalized spacial score (nSPS) is 11.6. The number of halogens is 2. The lowest BCUT2D eigenvalue weighted by Gasteiger charge is -2.17. The number of hydrogen-bond donors (Lipinski definition) is 1. The number of methoxy groups -OCH3 is 1. The van der Waals surface area contributed by atoms with E-state index in [4.69, 9.17) is 17.1 Å². The van der Waals surface area contributed by atoms with Gasteiger partial charge in [0, 0.05) is 16.5 Å². The summed E-state index contributed by atoms with van der Waals surface area (Å²) in [5, 5.41) is 6.49. The molecule has 0 aromatic heterocycles. The molecule has 1 aromatic carbocycles. The third-order valence-corrected chi connectivity index (χ3v) is 2.72. The number of hydrogen-bond acceptors (Lipinski definition) is 4. The highest BCUT2D eigenvalue weighted by molar-refractivity contribution is 6.30. The minimum atomic E-state index is -0.820. The number of carbonyl (C=O) groups excluding carboxylic acids is 1. The van der Waals surface area contributed by atoms with Crippen LogP contribution < -0.4 is 5.32 Å². The van der Waals surface area contributed by atoms with Crippen LogP contribution in [0.1, 0.15) is 18.0 Å². The van der Waals surface area contributed by atoms with Crippen LogP contribution in [0, 0.1) is 5.82 Å². The second kappa shape index (κ2) is 8.37. The molecule has 0 heterocycles. The van der Waals surface area contributed by atoms with Crippen LogP contribution in [0.2, 0.25) is 5.02 Å². The average molecular weight is 301 g/mol. The van der Waals surface area contributed by atoms with Crippen LogP contribution in [0.5, 0.6) is 0 Å². The zero-order valence-electron chi connectivity index (χ0n) is 10.8. The lowest BCUT2D eigenvalue weighted by atomic mass is 10.1. The first kappa shape index (κ1) is 16.2. The van der Waals surface area contributed by atoms with E-state index < -0.39 is 17.8 Å². The number of carbonyl (C=O) groups is 1. The summed E-state index contributed by atoms with van der Waals surface area (Å²) in [5.74, 6) is -1.08. The third-order valence-electron chi connectivity index (χ3n) is 2.50. The van der Waals surface area contributed by atoms with E-state index in [1.54, 1.807) is 0 Å². The first-order valence-electron chi connectivity index (χ1n) is 5.86. The standard InChI is InChI=1S/C12H14ClFN4O2/c1-20-12(19)11(16-3-2-4-17-18-15)8-5-9(13)7-10(14)6-8/h5-7,11,16H,2-4H2,1H3. The smallest absolute Gasteiger partial charge is 0.327 e. The molecule has 0 spiro atoms. The largest absolute Gasteiger partial charge is 0.468 e. The number of rotatable bonds is 7. The topological polar surface area (TPSA) is 87.1 Å². The van der Waals surface area contributed by atoms with Gasteiger partial charge in [-0.1, -0.05) is 16.7 Å². The Morgan fingerprint density at radius 1 is 1.60 bits per heavy atom. The zero-order valence-corrected chi connectivity index (χ0v) is 11.6. The number of azide groups is 1. The van der Waals surface area contributed by atoms with Crippen molar-refractivity contribution in [2.75, 3.05) is 20.2 Å². The molecule has 0 amide bonds. The summed E-state index contributed by atoms with van der Waals surface area (Å²) in [6.07, 6.45) is 0.542. The average Bonchev–Trinajstić information content (AvgIpc) is 2.41. The van der Waals surface area contributed by atoms with Gasteiger partial charge >= 0.3 is 5.97 Å². The van der Waals surface area contributed by atoms with Crippen molar-refractivity contribution in [2.24, 2.45) is 5.11 Å². The number of benzene rings is 1. The Morgan fingerprint density at radius 3 is 2.95 bits per heavy atom. The molecule has 0 fully saturated rings. The summed E-state index contributed by atoms with van der Waals surface area (Å²) in [5.41, 5.74) is 8.53. The predicted octanol–water partition coefficient (Wildman–Crippen LogP) is 2.98. The van der Waals surface area contributed by atoms with Crippen molar-refractivity contribution in [3.8, 4) is 0 Å². The molecule has 0 saturated heterocycles. The van der Waals surface area contributed by atoms with Crippen LogP contribution in [0.25, 0.3) is 10.4 Å². The summed E-state index contributed by atoms with van der Waals surface area (Å²) in [4.78, 5) is 14.3. The highest BCUT2D eigenvalue weighted by Gasteiger charge is 2.21. The number of esters is 1. The monoisotopic (exact) mass is 300 g/mol. The van der Waals surface area contributed by atoms with Gasteiger partial charge in [0.05, 0.1) is 7.11 Å². The maximum atomic E-state index is 13.3. The minimum absolute atomic E-state index is 0.199. The van der Waals surface area contributed by atoms with Gasteiger partial charge in [-0.15, -0.1) is 0 Å². The predicted molar refractivity (Wildman–Crippen MR) is 72.8 cm³/mol. The maximum absolute atomic E-state index is 13.3. The van der Waals surface area contributed by atoms with Crippen LogP contribution in [0.4, 0.5) is 4.39 Å². The van der Waals surface area contributed by atoms with Crippen molar-refractivity contribution in [1.82, 2.24) is 5.32 Å². The quantitative estimate of drug-likeness (QED) is 0.276.